The first kappa shape index (κ1) is 14.4. The van der Waals surface area contributed by atoms with Crippen LogP contribution >= 0.6 is 0 Å². The summed E-state index contributed by atoms with van der Waals surface area (Å²) in [7, 11) is 0. The summed E-state index contributed by atoms with van der Waals surface area (Å²) in [4.78, 5) is 14.3. The lowest BCUT2D eigenvalue weighted by Gasteiger charge is -2.34. The molecule has 2 N–H and O–H groups in total. The highest BCUT2D eigenvalue weighted by atomic mass is 16.3. The van der Waals surface area contributed by atoms with Gasteiger partial charge in [-0.25, -0.2) is 4.79 Å². The molecule has 1 fully saturated rings. The minimum atomic E-state index is -0.276. The predicted molar refractivity (Wildman–Crippen MR) is 78.9 cm³/mol. The molecular formula is C16H24N2O3. The van der Waals surface area contributed by atoms with Crippen LogP contribution in [0.15, 0.2) is 16.7 Å². The highest BCUT2D eigenvalue weighted by Crippen LogP contribution is 2.30. The first-order valence-electron chi connectivity index (χ1n) is 7.95. The Labute approximate surface area is 125 Å². The van der Waals surface area contributed by atoms with Gasteiger partial charge < -0.3 is 19.7 Å². The van der Waals surface area contributed by atoms with Crippen LogP contribution in [-0.2, 0) is 6.42 Å². The van der Waals surface area contributed by atoms with Crippen LogP contribution in [0.1, 0.15) is 50.0 Å². The van der Waals surface area contributed by atoms with Gasteiger partial charge in [0, 0.05) is 25.1 Å². The van der Waals surface area contributed by atoms with Crippen LogP contribution in [0.4, 0.5) is 4.79 Å². The van der Waals surface area contributed by atoms with Crippen molar-refractivity contribution in [3.8, 4) is 0 Å². The van der Waals surface area contributed by atoms with Crippen LogP contribution in [0.5, 0.6) is 0 Å². The average Bonchev–Trinajstić information content (AvgIpc) is 2.97. The number of hydrogen-bond donors (Lipinski definition) is 2. The smallest absolute Gasteiger partial charge is 0.317 e. The molecule has 1 aromatic rings. The number of amides is 2. The number of aliphatic hydroxyl groups excluding tert-OH is 1. The number of aliphatic hydroxyl groups is 1. The molecule has 0 saturated carbocycles. The number of urea groups is 1. The molecular weight excluding hydrogens is 268 g/mol. The third kappa shape index (κ3) is 3.07. The third-order valence-corrected chi connectivity index (χ3v) is 4.86. The number of nitrogens with zero attached hydrogens (tertiary/aromatic N) is 1. The summed E-state index contributed by atoms with van der Waals surface area (Å²) in [6.45, 7) is 3.29. The highest BCUT2D eigenvalue weighted by Gasteiger charge is 2.29. The summed E-state index contributed by atoms with van der Waals surface area (Å²) >= 11 is 0. The summed E-state index contributed by atoms with van der Waals surface area (Å²) in [6, 6.07) is 2.06. The van der Waals surface area contributed by atoms with Crippen molar-refractivity contribution in [1.82, 2.24) is 10.2 Å². The Kier molecular flexibility index (Phi) is 4.19. The molecule has 2 aliphatic rings. The molecule has 3 rings (SSSR count). The van der Waals surface area contributed by atoms with Crippen molar-refractivity contribution in [1.29, 1.82) is 0 Å². The summed E-state index contributed by atoms with van der Waals surface area (Å²) in [5.74, 6) is 1.34. The Bertz CT molecular complexity index is 489. The Morgan fingerprint density at radius 3 is 2.90 bits per heavy atom. The lowest BCUT2D eigenvalue weighted by atomic mass is 9.92. The fraction of sp³-hybridized carbons (Fsp3) is 0.688. The zero-order chi connectivity index (χ0) is 14.8. The summed E-state index contributed by atoms with van der Waals surface area (Å²) in [6.07, 6.45) is 6.19. The highest BCUT2D eigenvalue weighted by molar-refractivity contribution is 5.75. The molecule has 2 amide bonds. The van der Waals surface area contributed by atoms with Crippen LogP contribution in [0.25, 0.3) is 0 Å². The Morgan fingerprint density at radius 2 is 2.19 bits per heavy atom. The van der Waals surface area contributed by atoms with Gasteiger partial charge in [-0.3, -0.25) is 0 Å². The molecule has 2 atom stereocenters. The number of piperidine rings is 1. The Hall–Kier alpha value is -1.49. The molecule has 0 radical (unpaired) electrons. The van der Waals surface area contributed by atoms with Crippen molar-refractivity contribution in [2.45, 2.75) is 51.2 Å². The maximum atomic E-state index is 12.4. The van der Waals surface area contributed by atoms with Crippen LogP contribution in [-0.4, -0.2) is 35.2 Å². The van der Waals surface area contributed by atoms with Crippen molar-refractivity contribution in [3.05, 3.63) is 23.7 Å². The van der Waals surface area contributed by atoms with Gasteiger partial charge >= 0.3 is 6.03 Å². The van der Waals surface area contributed by atoms with Gasteiger partial charge in [-0.1, -0.05) is 0 Å². The maximum absolute atomic E-state index is 12.4. The van der Waals surface area contributed by atoms with Crippen LogP contribution in [0.3, 0.4) is 0 Å². The van der Waals surface area contributed by atoms with Gasteiger partial charge in [0.1, 0.15) is 5.76 Å². The molecule has 5 heteroatoms. The SMILES string of the molecule is CC(O)C1CCN(C(=O)NC2CCCc3occc32)CC1. The van der Waals surface area contributed by atoms with Gasteiger partial charge in [-0.2, -0.15) is 0 Å². The first-order chi connectivity index (χ1) is 10.1. The van der Waals surface area contributed by atoms with Gasteiger partial charge in [0.05, 0.1) is 18.4 Å². The topological polar surface area (TPSA) is 65.7 Å². The van der Waals surface area contributed by atoms with Crippen molar-refractivity contribution in [3.63, 3.8) is 0 Å². The molecule has 1 aromatic heterocycles. The zero-order valence-electron chi connectivity index (χ0n) is 12.5. The number of hydrogen-bond acceptors (Lipinski definition) is 3. The lowest BCUT2D eigenvalue weighted by molar-refractivity contribution is 0.0791. The second-order valence-corrected chi connectivity index (χ2v) is 6.26. The van der Waals surface area contributed by atoms with Crippen molar-refractivity contribution in [2.24, 2.45) is 5.92 Å². The van der Waals surface area contributed by atoms with Gasteiger partial charge in [0.25, 0.3) is 0 Å². The van der Waals surface area contributed by atoms with E-state index >= 15 is 0 Å². The molecule has 5 nitrogen and oxygen atoms in total. The first-order valence-corrected chi connectivity index (χ1v) is 7.95. The van der Waals surface area contributed by atoms with E-state index in [4.69, 9.17) is 4.42 Å². The van der Waals surface area contributed by atoms with E-state index in [1.54, 1.807) is 6.26 Å². The number of rotatable bonds is 2. The van der Waals surface area contributed by atoms with Crippen molar-refractivity contribution in [2.75, 3.05) is 13.1 Å². The molecule has 1 aliphatic carbocycles. The Morgan fingerprint density at radius 1 is 1.43 bits per heavy atom. The second-order valence-electron chi connectivity index (χ2n) is 6.26. The molecule has 2 unspecified atom stereocenters. The fourth-order valence-corrected chi connectivity index (χ4v) is 3.46. The van der Waals surface area contributed by atoms with Gasteiger partial charge in [0.15, 0.2) is 0 Å². The van der Waals surface area contributed by atoms with Crippen LogP contribution < -0.4 is 5.32 Å². The second kappa shape index (κ2) is 6.10. The predicted octanol–water partition coefficient (Wildman–Crippen LogP) is 2.46. The number of carbonyl (C=O) groups excluding carboxylic acids is 1. The van der Waals surface area contributed by atoms with E-state index in [1.165, 1.54) is 0 Å². The molecule has 1 aliphatic heterocycles. The quantitative estimate of drug-likeness (QED) is 0.880. The summed E-state index contributed by atoms with van der Waals surface area (Å²) in [5, 5.41) is 12.8. The van der Waals surface area contributed by atoms with E-state index in [-0.39, 0.29) is 18.2 Å². The van der Waals surface area contributed by atoms with Crippen molar-refractivity contribution >= 4 is 6.03 Å². The summed E-state index contributed by atoms with van der Waals surface area (Å²) < 4.78 is 5.46. The molecule has 2 heterocycles. The van der Waals surface area contributed by atoms with Gasteiger partial charge in [-0.05, 0) is 44.6 Å². The lowest BCUT2D eigenvalue weighted by Crippen LogP contribution is -2.47. The van der Waals surface area contributed by atoms with Crippen LogP contribution in [0.2, 0.25) is 0 Å². The summed E-state index contributed by atoms with van der Waals surface area (Å²) in [5.41, 5.74) is 1.13. The average molecular weight is 292 g/mol. The molecule has 1 saturated heterocycles. The minimum Gasteiger partial charge on any atom is -0.469 e. The molecule has 0 spiro atoms. The molecule has 21 heavy (non-hydrogen) atoms. The number of aryl methyl sites for hydroxylation is 1. The van der Waals surface area contributed by atoms with E-state index in [0.29, 0.717) is 5.92 Å². The largest absolute Gasteiger partial charge is 0.469 e. The monoisotopic (exact) mass is 292 g/mol. The maximum Gasteiger partial charge on any atom is 0.317 e. The zero-order valence-corrected chi connectivity index (χ0v) is 12.5. The van der Waals surface area contributed by atoms with Crippen molar-refractivity contribution < 1.29 is 14.3 Å². The number of carbonyl (C=O) groups is 1. The van der Waals surface area contributed by atoms with Crippen LogP contribution in [0, 0.1) is 5.92 Å². The van der Waals surface area contributed by atoms with E-state index in [1.807, 2.05) is 17.9 Å². The van der Waals surface area contributed by atoms with E-state index < -0.39 is 0 Å². The van der Waals surface area contributed by atoms with E-state index in [0.717, 1.165) is 56.5 Å². The number of nitrogens with one attached hydrogen (secondary N) is 1. The fourth-order valence-electron chi connectivity index (χ4n) is 3.46. The van der Waals surface area contributed by atoms with E-state index in [9.17, 15) is 9.90 Å². The molecule has 0 aromatic carbocycles. The standard InChI is InChI=1S/C16H24N2O3/c1-11(19)12-5-8-18(9-6-12)16(20)17-14-3-2-4-15-13(14)7-10-21-15/h7,10-12,14,19H,2-6,8-9H2,1H3,(H,17,20). The Balaban J connectivity index is 1.56. The van der Waals surface area contributed by atoms with Gasteiger partial charge in [0.2, 0.25) is 0 Å². The molecule has 116 valence electrons. The van der Waals surface area contributed by atoms with E-state index in [2.05, 4.69) is 5.32 Å². The normalized spacial score (nSPS) is 24.5. The number of likely N-dealkylation sites (tertiary alicyclic amines) is 1. The van der Waals surface area contributed by atoms with Gasteiger partial charge in [-0.15, -0.1) is 0 Å². The number of fused-ring (bicyclic) bond motifs is 1. The number of furan rings is 1. The minimum absolute atomic E-state index is 0.0121. The molecule has 0 bridgehead atoms. The third-order valence-electron chi connectivity index (χ3n) is 4.86.